The number of benzene rings is 2. The van der Waals surface area contributed by atoms with Gasteiger partial charge in [0.05, 0.1) is 26.2 Å². The van der Waals surface area contributed by atoms with Gasteiger partial charge in [0.1, 0.15) is 12.4 Å². The van der Waals surface area contributed by atoms with Gasteiger partial charge in [-0.15, -0.1) is 0 Å². The van der Waals surface area contributed by atoms with Crippen molar-refractivity contribution in [1.29, 1.82) is 0 Å². The van der Waals surface area contributed by atoms with Crippen LogP contribution in [0.3, 0.4) is 0 Å². The van der Waals surface area contributed by atoms with Crippen molar-refractivity contribution in [3.05, 3.63) is 53.8 Å². The molecule has 0 atom stereocenters. The molecule has 0 spiro atoms. The van der Waals surface area contributed by atoms with Gasteiger partial charge >= 0.3 is 0 Å². The summed E-state index contributed by atoms with van der Waals surface area (Å²) in [4.78, 5) is 12.3. The lowest BCUT2D eigenvalue weighted by molar-refractivity contribution is -0.119. The van der Waals surface area contributed by atoms with Crippen molar-refractivity contribution in [3.63, 3.8) is 0 Å². The fourth-order valence-corrected chi connectivity index (χ4v) is 4.51. The zero-order valence-corrected chi connectivity index (χ0v) is 19.4. The molecule has 31 heavy (non-hydrogen) atoms. The van der Waals surface area contributed by atoms with Crippen LogP contribution in [0.25, 0.3) is 0 Å². The molecule has 1 N–H and O–H groups in total. The van der Waals surface area contributed by atoms with Crippen LogP contribution in [0.5, 0.6) is 11.5 Å². The Morgan fingerprint density at radius 2 is 1.77 bits per heavy atom. The third-order valence-corrected chi connectivity index (χ3v) is 6.57. The number of methoxy groups -OCH3 is 2. The summed E-state index contributed by atoms with van der Waals surface area (Å²) in [5.74, 6) is 1.74. The number of amides is 1. The molecule has 170 valence electrons. The van der Waals surface area contributed by atoms with Gasteiger partial charge in [-0.3, -0.25) is 9.10 Å². The van der Waals surface area contributed by atoms with Crippen LogP contribution in [-0.4, -0.2) is 53.6 Å². The molecule has 2 aromatic carbocycles. The summed E-state index contributed by atoms with van der Waals surface area (Å²) in [5.41, 5.74) is 1.35. The number of sulfonamides is 1. The minimum atomic E-state index is -3.69. The van der Waals surface area contributed by atoms with Gasteiger partial charge in [-0.2, -0.15) is 11.8 Å². The molecule has 0 bridgehead atoms. The number of thioether (sulfide) groups is 1. The van der Waals surface area contributed by atoms with E-state index in [0.717, 1.165) is 34.1 Å². The Balaban J connectivity index is 1.84. The first-order valence-corrected chi connectivity index (χ1v) is 12.5. The smallest absolute Gasteiger partial charge is 0.240 e. The van der Waals surface area contributed by atoms with E-state index in [1.165, 1.54) is 32.4 Å². The first-order chi connectivity index (χ1) is 14.7. The quantitative estimate of drug-likeness (QED) is 0.480. The van der Waals surface area contributed by atoms with Crippen molar-refractivity contribution in [1.82, 2.24) is 5.32 Å². The van der Waals surface area contributed by atoms with E-state index >= 15 is 0 Å². The summed E-state index contributed by atoms with van der Waals surface area (Å²) in [5, 5.41) is 2.75. The third-order valence-electron chi connectivity index (χ3n) is 4.31. The van der Waals surface area contributed by atoms with E-state index in [4.69, 9.17) is 9.47 Å². The van der Waals surface area contributed by atoms with Gasteiger partial charge in [0.2, 0.25) is 15.9 Å². The van der Waals surface area contributed by atoms with Crippen molar-refractivity contribution < 1.29 is 27.1 Å². The van der Waals surface area contributed by atoms with Gasteiger partial charge in [0.15, 0.2) is 11.5 Å². The van der Waals surface area contributed by atoms with Crippen molar-refractivity contribution in [2.75, 3.05) is 43.6 Å². The number of carbonyl (C=O) groups is 1. The van der Waals surface area contributed by atoms with Crippen LogP contribution in [-0.2, 0) is 20.6 Å². The average molecular weight is 471 g/mol. The van der Waals surface area contributed by atoms with Crippen LogP contribution in [0.2, 0.25) is 0 Å². The molecule has 0 heterocycles. The number of carbonyl (C=O) groups excluding carboxylic acids is 1. The van der Waals surface area contributed by atoms with Crippen LogP contribution in [0.1, 0.15) is 12.0 Å². The number of halogens is 1. The Morgan fingerprint density at radius 3 is 2.39 bits per heavy atom. The minimum Gasteiger partial charge on any atom is -0.493 e. The second-order valence-electron chi connectivity index (χ2n) is 6.69. The van der Waals surface area contributed by atoms with Gasteiger partial charge in [-0.05, 0) is 42.0 Å². The van der Waals surface area contributed by atoms with Crippen molar-refractivity contribution in [2.24, 2.45) is 0 Å². The number of anilines is 1. The van der Waals surface area contributed by atoms with Crippen molar-refractivity contribution in [2.45, 2.75) is 12.2 Å². The maximum Gasteiger partial charge on any atom is 0.240 e. The second kappa shape index (κ2) is 11.8. The molecule has 7 nitrogen and oxygen atoms in total. The average Bonchev–Trinajstić information content (AvgIpc) is 2.74. The predicted molar refractivity (Wildman–Crippen MR) is 122 cm³/mol. The second-order valence-corrected chi connectivity index (χ2v) is 9.70. The minimum absolute atomic E-state index is 0.257. The largest absolute Gasteiger partial charge is 0.493 e. The number of hydrogen-bond donors (Lipinski definition) is 1. The molecule has 10 heteroatoms. The fourth-order valence-electron chi connectivity index (χ4n) is 2.74. The van der Waals surface area contributed by atoms with Crippen LogP contribution >= 0.6 is 11.8 Å². The lowest BCUT2D eigenvalue weighted by atomic mass is 10.2. The summed E-state index contributed by atoms with van der Waals surface area (Å²) >= 11 is 1.68. The Bertz CT molecular complexity index is 968. The number of ether oxygens (including phenoxy) is 2. The van der Waals surface area contributed by atoms with Gasteiger partial charge < -0.3 is 14.8 Å². The summed E-state index contributed by atoms with van der Waals surface area (Å²) in [6, 6.07) is 11.0. The van der Waals surface area contributed by atoms with E-state index < -0.39 is 15.9 Å². The van der Waals surface area contributed by atoms with Crippen LogP contribution in [0.4, 0.5) is 10.1 Å². The highest BCUT2D eigenvalue weighted by Crippen LogP contribution is 2.32. The summed E-state index contributed by atoms with van der Waals surface area (Å²) < 4.78 is 48.8. The monoisotopic (exact) mass is 470 g/mol. The molecule has 0 saturated heterocycles. The van der Waals surface area contributed by atoms with Crippen LogP contribution in [0, 0.1) is 5.82 Å². The number of hydrogen-bond acceptors (Lipinski definition) is 6. The standard InChI is InChI=1S/C21H27FN2O5S2/c1-28-19-10-9-18(13-20(19)29-2)24(31(3,26)27)14-21(25)23-11-4-12-30-15-16-5-7-17(22)8-6-16/h5-10,13H,4,11-12,14-15H2,1-3H3,(H,23,25). The highest BCUT2D eigenvalue weighted by molar-refractivity contribution is 7.98. The maximum absolute atomic E-state index is 12.9. The molecule has 0 radical (unpaired) electrons. The molecule has 0 aliphatic heterocycles. The zero-order chi connectivity index (χ0) is 22.9. The maximum atomic E-state index is 12.9. The predicted octanol–water partition coefficient (Wildman–Crippen LogP) is 3.05. The Labute approximate surface area is 187 Å². The molecule has 0 aliphatic rings. The number of nitrogens with zero attached hydrogens (tertiary/aromatic N) is 1. The topological polar surface area (TPSA) is 84.9 Å². The van der Waals surface area contributed by atoms with Gasteiger partial charge in [0, 0.05) is 18.4 Å². The van der Waals surface area contributed by atoms with E-state index in [1.54, 1.807) is 36.0 Å². The van der Waals surface area contributed by atoms with Gasteiger partial charge in [-0.1, -0.05) is 12.1 Å². The van der Waals surface area contributed by atoms with E-state index in [0.29, 0.717) is 23.7 Å². The van der Waals surface area contributed by atoms with Crippen LogP contribution < -0.4 is 19.1 Å². The molecule has 0 saturated carbocycles. The Kier molecular flexibility index (Phi) is 9.44. The zero-order valence-electron chi connectivity index (χ0n) is 17.8. The van der Waals surface area contributed by atoms with E-state index in [1.807, 2.05) is 0 Å². The molecule has 0 aromatic heterocycles. The summed E-state index contributed by atoms with van der Waals surface area (Å²) in [7, 11) is -0.750. The molecule has 0 unspecified atom stereocenters. The molecule has 2 rings (SSSR count). The normalized spacial score (nSPS) is 11.1. The first kappa shape index (κ1) is 24.8. The molecular formula is C21H27FN2O5S2. The highest BCUT2D eigenvalue weighted by atomic mass is 32.2. The number of rotatable bonds is 12. The molecule has 0 aliphatic carbocycles. The molecule has 0 fully saturated rings. The van der Waals surface area contributed by atoms with Gasteiger partial charge in [-0.25, -0.2) is 12.8 Å². The Hall–Kier alpha value is -2.46. The van der Waals surface area contributed by atoms with E-state index in [9.17, 15) is 17.6 Å². The lowest BCUT2D eigenvalue weighted by Crippen LogP contribution is -2.40. The SMILES string of the molecule is COc1ccc(N(CC(=O)NCCCSCc2ccc(F)cc2)S(C)(=O)=O)cc1OC. The molecule has 2 aromatic rings. The van der Waals surface area contributed by atoms with Crippen LogP contribution in [0.15, 0.2) is 42.5 Å². The lowest BCUT2D eigenvalue weighted by Gasteiger charge is -2.23. The fraction of sp³-hybridized carbons (Fsp3) is 0.381. The molecular weight excluding hydrogens is 443 g/mol. The van der Waals surface area contributed by atoms with Crippen molar-refractivity contribution >= 4 is 33.4 Å². The van der Waals surface area contributed by atoms with E-state index in [-0.39, 0.29) is 12.4 Å². The van der Waals surface area contributed by atoms with Crippen molar-refractivity contribution in [3.8, 4) is 11.5 Å². The van der Waals surface area contributed by atoms with E-state index in [2.05, 4.69) is 5.32 Å². The third kappa shape index (κ3) is 7.95. The van der Waals surface area contributed by atoms with Gasteiger partial charge in [0.25, 0.3) is 0 Å². The summed E-state index contributed by atoms with van der Waals surface area (Å²) in [6.07, 6.45) is 1.77. The summed E-state index contributed by atoms with van der Waals surface area (Å²) in [6.45, 7) is 0.0931. The highest BCUT2D eigenvalue weighted by Gasteiger charge is 2.22. The first-order valence-electron chi connectivity index (χ1n) is 9.53. The number of nitrogens with one attached hydrogen (secondary N) is 1. The Morgan fingerprint density at radius 1 is 1.10 bits per heavy atom. The molecule has 1 amide bonds.